The summed E-state index contributed by atoms with van der Waals surface area (Å²) >= 11 is 0. The molecule has 1 aliphatic rings. The van der Waals surface area contributed by atoms with Gasteiger partial charge in [0.2, 0.25) is 0 Å². The van der Waals surface area contributed by atoms with Gasteiger partial charge in [-0.15, -0.1) is 0 Å². The fourth-order valence-corrected chi connectivity index (χ4v) is 2.44. The standard InChI is InChI=1S/C15H11FN2O3/c16-11-5-1-9(2-6-11)15(13(20)17-14(21)18-15)10-3-7-12(19)8-4-10/h1-8,19H,(H2,17,18,20,21)/t15-/m0/s1. The molecule has 3 rings (SSSR count). The topological polar surface area (TPSA) is 78.4 Å². The summed E-state index contributed by atoms with van der Waals surface area (Å²) in [4.78, 5) is 23.9. The third-order valence-corrected chi connectivity index (χ3v) is 3.45. The fourth-order valence-electron chi connectivity index (χ4n) is 2.44. The third-order valence-electron chi connectivity index (χ3n) is 3.45. The van der Waals surface area contributed by atoms with E-state index >= 15 is 0 Å². The molecule has 3 amide bonds. The van der Waals surface area contributed by atoms with E-state index in [1.165, 1.54) is 48.5 Å². The van der Waals surface area contributed by atoms with Crippen molar-refractivity contribution in [2.45, 2.75) is 5.54 Å². The lowest BCUT2D eigenvalue weighted by molar-refractivity contribution is -0.122. The van der Waals surface area contributed by atoms with E-state index in [1.807, 2.05) is 0 Å². The van der Waals surface area contributed by atoms with Crippen molar-refractivity contribution >= 4 is 11.9 Å². The van der Waals surface area contributed by atoms with Crippen molar-refractivity contribution in [2.24, 2.45) is 0 Å². The molecule has 1 fully saturated rings. The number of phenolic OH excluding ortho intramolecular Hbond substituents is 1. The Labute approximate surface area is 119 Å². The highest BCUT2D eigenvalue weighted by Crippen LogP contribution is 2.33. The Bertz CT molecular complexity index is 665. The molecule has 0 bridgehead atoms. The van der Waals surface area contributed by atoms with Crippen LogP contribution in [0.15, 0.2) is 48.5 Å². The van der Waals surface area contributed by atoms with E-state index in [2.05, 4.69) is 10.6 Å². The number of imide groups is 1. The first-order chi connectivity index (χ1) is 10.0. The molecule has 0 unspecified atom stereocenters. The molecule has 1 atom stereocenters. The molecule has 6 heteroatoms. The van der Waals surface area contributed by atoms with Crippen LogP contribution in [0.3, 0.4) is 0 Å². The normalized spacial score (nSPS) is 21.0. The number of phenols is 1. The van der Waals surface area contributed by atoms with Gasteiger partial charge >= 0.3 is 6.03 Å². The zero-order chi connectivity index (χ0) is 15.0. The fraction of sp³-hybridized carbons (Fsp3) is 0.0667. The number of carbonyl (C=O) groups excluding carboxylic acids is 2. The van der Waals surface area contributed by atoms with Crippen LogP contribution in [0, 0.1) is 5.82 Å². The number of benzene rings is 2. The van der Waals surface area contributed by atoms with Crippen molar-refractivity contribution in [2.75, 3.05) is 0 Å². The van der Waals surface area contributed by atoms with E-state index in [4.69, 9.17) is 0 Å². The largest absolute Gasteiger partial charge is 0.508 e. The summed E-state index contributed by atoms with van der Waals surface area (Å²) < 4.78 is 13.1. The van der Waals surface area contributed by atoms with Crippen LogP contribution in [0.2, 0.25) is 0 Å². The van der Waals surface area contributed by atoms with Crippen LogP contribution in [0.1, 0.15) is 11.1 Å². The number of carbonyl (C=O) groups is 2. The first kappa shape index (κ1) is 13.1. The number of amides is 3. The molecule has 0 radical (unpaired) electrons. The van der Waals surface area contributed by atoms with Crippen molar-refractivity contribution in [1.29, 1.82) is 0 Å². The molecule has 106 valence electrons. The zero-order valence-electron chi connectivity index (χ0n) is 10.8. The van der Waals surface area contributed by atoms with Gasteiger partial charge in [-0.2, -0.15) is 0 Å². The third kappa shape index (κ3) is 2.01. The summed E-state index contributed by atoms with van der Waals surface area (Å²) in [5.74, 6) is -0.952. The molecule has 1 saturated heterocycles. The van der Waals surface area contributed by atoms with Crippen molar-refractivity contribution < 1.29 is 19.1 Å². The minimum atomic E-state index is -1.43. The molecule has 5 nitrogen and oxygen atoms in total. The number of aromatic hydroxyl groups is 1. The first-order valence-electron chi connectivity index (χ1n) is 6.21. The van der Waals surface area contributed by atoms with Crippen molar-refractivity contribution in [3.05, 3.63) is 65.5 Å². The molecule has 2 aromatic rings. The lowest BCUT2D eigenvalue weighted by Crippen LogP contribution is -2.44. The second kappa shape index (κ2) is 4.59. The van der Waals surface area contributed by atoms with Gasteiger partial charge in [-0.1, -0.05) is 24.3 Å². The summed E-state index contributed by atoms with van der Waals surface area (Å²) in [6, 6.07) is 10.6. The molecule has 0 aliphatic carbocycles. The summed E-state index contributed by atoms with van der Waals surface area (Å²) in [6.45, 7) is 0. The second-order valence-electron chi connectivity index (χ2n) is 4.71. The summed E-state index contributed by atoms with van der Waals surface area (Å²) in [5, 5.41) is 14.1. The van der Waals surface area contributed by atoms with E-state index in [0.29, 0.717) is 11.1 Å². The average Bonchev–Trinajstić information content (AvgIpc) is 2.76. The maximum Gasteiger partial charge on any atom is 0.322 e. The Hall–Kier alpha value is -2.89. The van der Waals surface area contributed by atoms with Crippen LogP contribution in [0.25, 0.3) is 0 Å². The highest BCUT2D eigenvalue weighted by atomic mass is 19.1. The van der Waals surface area contributed by atoms with Gasteiger partial charge in [-0.25, -0.2) is 9.18 Å². The maximum absolute atomic E-state index is 13.1. The first-order valence-corrected chi connectivity index (χ1v) is 6.21. The highest BCUT2D eigenvalue weighted by molar-refractivity contribution is 6.09. The van der Waals surface area contributed by atoms with E-state index in [9.17, 15) is 19.1 Å². The molecule has 0 spiro atoms. The van der Waals surface area contributed by atoms with Gasteiger partial charge < -0.3 is 10.4 Å². The van der Waals surface area contributed by atoms with Gasteiger partial charge in [0.05, 0.1) is 0 Å². The lowest BCUT2D eigenvalue weighted by Gasteiger charge is -2.27. The Balaban J connectivity index is 2.20. The highest BCUT2D eigenvalue weighted by Gasteiger charge is 2.49. The van der Waals surface area contributed by atoms with Gasteiger partial charge in [0, 0.05) is 0 Å². The predicted octanol–water partition coefficient (Wildman–Crippen LogP) is 1.61. The molecule has 0 saturated carbocycles. The molecular weight excluding hydrogens is 275 g/mol. The van der Waals surface area contributed by atoms with Crippen molar-refractivity contribution in [1.82, 2.24) is 10.6 Å². The molecule has 1 aliphatic heterocycles. The summed E-state index contributed by atoms with van der Waals surface area (Å²) in [5.41, 5.74) is -0.536. The monoisotopic (exact) mass is 286 g/mol. The smallest absolute Gasteiger partial charge is 0.322 e. The quantitative estimate of drug-likeness (QED) is 0.734. The van der Waals surface area contributed by atoms with E-state index in [1.54, 1.807) is 0 Å². The Kier molecular flexibility index (Phi) is 2.86. The lowest BCUT2D eigenvalue weighted by atomic mass is 9.83. The number of nitrogens with one attached hydrogen (secondary N) is 2. The Morgan fingerprint density at radius 2 is 1.43 bits per heavy atom. The number of urea groups is 1. The van der Waals surface area contributed by atoms with Crippen LogP contribution in [-0.4, -0.2) is 17.0 Å². The van der Waals surface area contributed by atoms with Gasteiger partial charge in [0.25, 0.3) is 5.91 Å². The van der Waals surface area contributed by atoms with Gasteiger partial charge in [-0.3, -0.25) is 10.1 Å². The van der Waals surface area contributed by atoms with Crippen molar-refractivity contribution in [3.63, 3.8) is 0 Å². The van der Waals surface area contributed by atoms with Gasteiger partial charge in [0.1, 0.15) is 11.6 Å². The zero-order valence-corrected chi connectivity index (χ0v) is 10.8. The van der Waals surface area contributed by atoms with Crippen LogP contribution in [-0.2, 0) is 10.3 Å². The van der Waals surface area contributed by atoms with Gasteiger partial charge in [0.15, 0.2) is 5.54 Å². The SMILES string of the molecule is O=C1NC(=O)[C@@](c2ccc(O)cc2)(c2ccc(F)cc2)N1. The van der Waals surface area contributed by atoms with E-state index < -0.39 is 23.3 Å². The van der Waals surface area contributed by atoms with E-state index in [0.717, 1.165) is 0 Å². The number of hydrogen-bond donors (Lipinski definition) is 3. The number of halogens is 1. The minimum absolute atomic E-state index is 0.0396. The average molecular weight is 286 g/mol. The van der Waals surface area contributed by atoms with E-state index in [-0.39, 0.29) is 5.75 Å². The molecule has 1 heterocycles. The number of hydrogen-bond acceptors (Lipinski definition) is 3. The predicted molar refractivity (Wildman–Crippen MR) is 72.0 cm³/mol. The molecular formula is C15H11FN2O3. The van der Waals surface area contributed by atoms with Gasteiger partial charge in [-0.05, 0) is 35.4 Å². The summed E-state index contributed by atoms with van der Waals surface area (Å²) in [7, 11) is 0. The second-order valence-corrected chi connectivity index (χ2v) is 4.71. The molecule has 21 heavy (non-hydrogen) atoms. The van der Waals surface area contributed by atoms with Crippen LogP contribution >= 0.6 is 0 Å². The molecule has 0 aromatic heterocycles. The minimum Gasteiger partial charge on any atom is -0.508 e. The summed E-state index contributed by atoms with van der Waals surface area (Å²) in [6.07, 6.45) is 0. The Morgan fingerprint density at radius 1 is 0.905 bits per heavy atom. The van der Waals surface area contributed by atoms with Crippen LogP contribution in [0.5, 0.6) is 5.75 Å². The Morgan fingerprint density at radius 3 is 1.90 bits per heavy atom. The van der Waals surface area contributed by atoms with Crippen LogP contribution < -0.4 is 10.6 Å². The van der Waals surface area contributed by atoms with Crippen molar-refractivity contribution in [3.8, 4) is 5.75 Å². The van der Waals surface area contributed by atoms with Crippen LogP contribution in [0.4, 0.5) is 9.18 Å². The molecule has 3 N–H and O–H groups in total. The number of rotatable bonds is 2. The molecule has 2 aromatic carbocycles. The maximum atomic E-state index is 13.1.